The summed E-state index contributed by atoms with van der Waals surface area (Å²) in [7, 11) is 0. The molecular weight excluding hydrogens is 691 g/mol. The van der Waals surface area contributed by atoms with Crippen molar-refractivity contribution >= 4 is 69.4 Å². The molecule has 0 aliphatic carbocycles. The molecule has 0 saturated heterocycles. The van der Waals surface area contributed by atoms with Crippen molar-refractivity contribution in [2.24, 2.45) is 0 Å². The van der Waals surface area contributed by atoms with Crippen LogP contribution in [0.25, 0.3) is 6.08 Å². The minimum atomic E-state index is -0.659. The second-order valence-electron chi connectivity index (χ2n) is 10.7. The standard InChI is InChI=1S/C37H31N5O7S2/c1-2-49-32(43)22-28-23-50-37(39-28)41-36(46)33(25-9-5-3-6-10-25)51-30-19-15-27(16-20-30)38-35(45)31(40-34(44)26-11-7-4-8-12-26)21-24-13-17-29(18-14-24)42(47)48/h3-21,23,33H,2,22H2,1H3,(H,38,45)(H,40,44)(H,39,41,46)/b31-21-. The molecule has 0 radical (unpaired) electrons. The Bertz CT molecular complexity index is 2040. The van der Waals surface area contributed by atoms with Crippen molar-refractivity contribution in [1.82, 2.24) is 10.3 Å². The molecule has 0 saturated carbocycles. The van der Waals surface area contributed by atoms with Gasteiger partial charge in [0.25, 0.3) is 17.5 Å². The zero-order chi connectivity index (χ0) is 36.2. The van der Waals surface area contributed by atoms with Crippen LogP contribution in [0.15, 0.2) is 125 Å². The second kappa shape index (κ2) is 17.5. The van der Waals surface area contributed by atoms with E-state index in [0.717, 1.165) is 10.5 Å². The van der Waals surface area contributed by atoms with Crippen molar-refractivity contribution in [3.05, 3.63) is 153 Å². The van der Waals surface area contributed by atoms with Crippen molar-refractivity contribution in [3.63, 3.8) is 0 Å². The first-order valence-corrected chi connectivity index (χ1v) is 17.3. The average molecular weight is 722 g/mol. The van der Waals surface area contributed by atoms with Gasteiger partial charge in [0.15, 0.2) is 5.13 Å². The third-order valence-electron chi connectivity index (χ3n) is 7.06. The third-order valence-corrected chi connectivity index (χ3v) is 9.14. The van der Waals surface area contributed by atoms with E-state index in [0.29, 0.717) is 27.6 Å². The highest BCUT2D eigenvalue weighted by atomic mass is 32.2. The number of thiazole rings is 1. The molecule has 14 heteroatoms. The van der Waals surface area contributed by atoms with Gasteiger partial charge in [-0.1, -0.05) is 48.5 Å². The Morgan fingerprint density at radius 3 is 2.22 bits per heavy atom. The monoisotopic (exact) mass is 721 g/mol. The van der Waals surface area contributed by atoms with Gasteiger partial charge in [-0.3, -0.25) is 29.3 Å². The summed E-state index contributed by atoms with van der Waals surface area (Å²) in [5.41, 5.74) is 2.29. The molecule has 0 spiro atoms. The van der Waals surface area contributed by atoms with Gasteiger partial charge >= 0.3 is 5.97 Å². The number of ether oxygens (including phenoxy) is 1. The molecule has 1 atom stereocenters. The molecule has 51 heavy (non-hydrogen) atoms. The maximum Gasteiger partial charge on any atom is 0.311 e. The normalized spacial score (nSPS) is 11.6. The molecule has 0 aliphatic rings. The lowest BCUT2D eigenvalue weighted by atomic mass is 10.1. The molecule has 3 amide bonds. The van der Waals surface area contributed by atoms with E-state index in [-0.39, 0.29) is 30.3 Å². The number of thioether (sulfide) groups is 1. The van der Waals surface area contributed by atoms with Crippen molar-refractivity contribution < 1.29 is 28.8 Å². The first kappa shape index (κ1) is 36.2. The quantitative estimate of drug-likeness (QED) is 0.0358. The van der Waals surface area contributed by atoms with Gasteiger partial charge in [-0.2, -0.15) is 0 Å². The van der Waals surface area contributed by atoms with E-state index in [1.807, 2.05) is 30.3 Å². The van der Waals surface area contributed by atoms with Gasteiger partial charge in [0.2, 0.25) is 5.91 Å². The largest absolute Gasteiger partial charge is 0.466 e. The van der Waals surface area contributed by atoms with Crippen LogP contribution in [0.4, 0.5) is 16.5 Å². The minimum Gasteiger partial charge on any atom is -0.466 e. The van der Waals surface area contributed by atoms with E-state index >= 15 is 0 Å². The molecule has 5 aromatic rings. The molecule has 258 valence electrons. The summed E-state index contributed by atoms with van der Waals surface area (Å²) < 4.78 is 4.98. The van der Waals surface area contributed by atoms with Crippen LogP contribution in [0, 0.1) is 10.1 Å². The number of esters is 1. The molecule has 1 heterocycles. The third kappa shape index (κ3) is 10.4. The van der Waals surface area contributed by atoms with Gasteiger partial charge in [0.05, 0.1) is 23.6 Å². The van der Waals surface area contributed by atoms with Crippen LogP contribution < -0.4 is 16.0 Å². The molecule has 1 aromatic heterocycles. The van der Waals surface area contributed by atoms with Crippen molar-refractivity contribution in [1.29, 1.82) is 0 Å². The van der Waals surface area contributed by atoms with Gasteiger partial charge in [-0.25, -0.2) is 4.98 Å². The summed E-state index contributed by atoms with van der Waals surface area (Å²) in [4.78, 5) is 67.5. The van der Waals surface area contributed by atoms with E-state index in [1.165, 1.54) is 53.4 Å². The smallest absolute Gasteiger partial charge is 0.311 e. The number of nitro benzene ring substituents is 1. The number of aromatic nitrogens is 1. The lowest BCUT2D eigenvalue weighted by Crippen LogP contribution is -2.30. The fourth-order valence-corrected chi connectivity index (χ4v) is 6.37. The van der Waals surface area contributed by atoms with Crippen molar-refractivity contribution in [3.8, 4) is 0 Å². The second-order valence-corrected chi connectivity index (χ2v) is 12.8. The number of amides is 3. The number of carbonyl (C=O) groups excluding carboxylic acids is 4. The lowest BCUT2D eigenvalue weighted by molar-refractivity contribution is -0.384. The molecule has 5 rings (SSSR count). The molecule has 3 N–H and O–H groups in total. The van der Waals surface area contributed by atoms with E-state index in [1.54, 1.807) is 66.9 Å². The Hall–Kier alpha value is -6.12. The summed E-state index contributed by atoms with van der Waals surface area (Å²) in [5, 5.41) is 20.8. The number of benzene rings is 4. The van der Waals surface area contributed by atoms with Gasteiger partial charge in [-0.05, 0) is 72.7 Å². The molecular formula is C37H31N5O7S2. The molecule has 0 aliphatic heterocycles. The highest BCUT2D eigenvalue weighted by molar-refractivity contribution is 8.00. The van der Waals surface area contributed by atoms with E-state index in [4.69, 9.17) is 4.74 Å². The number of hydrogen-bond donors (Lipinski definition) is 3. The summed E-state index contributed by atoms with van der Waals surface area (Å²) in [6.07, 6.45) is 1.43. The van der Waals surface area contributed by atoms with Crippen LogP contribution in [-0.2, 0) is 25.5 Å². The predicted octanol–water partition coefficient (Wildman–Crippen LogP) is 7.04. The SMILES string of the molecule is CCOC(=O)Cc1csc(NC(=O)C(Sc2ccc(NC(=O)/C(=C/c3ccc([N+](=O)[O-])cc3)NC(=O)c3ccccc3)cc2)c2ccccc2)n1. The number of non-ortho nitro benzene ring substituents is 1. The minimum absolute atomic E-state index is 0.00762. The Morgan fingerprint density at radius 1 is 0.902 bits per heavy atom. The van der Waals surface area contributed by atoms with Gasteiger partial charge in [0, 0.05) is 33.7 Å². The van der Waals surface area contributed by atoms with Crippen LogP contribution in [0.3, 0.4) is 0 Å². The van der Waals surface area contributed by atoms with Gasteiger partial charge in [-0.15, -0.1) is 23.1 Å². The Morgan fingerprint density at radius 2 is 1.57 bits per heavy atom. The Balaban J connectivity index is 1.30. The number of nitrogens with zero attached hydrogens (tertiary/aromatic N) is 2. The lowest BCUT2D eigenvalue weighted by Gasteiger charge is -2.17. The molecule has 4 aromatic carbocycles. The van der Waals surface area contributed by atoms with Crippen LogP contribution >= 0.6 is 23.1 Å². The Labute approximate surface area is 301 Å². The summed E-state index contributed by atoms with van der Waals surface area (Å²) in [5.74, 6) is -1.84. The fourth-order valence-electron chi connectivity index (χ4n) is 4.63. The maximum absolute atomic E-state index is 13.5. The maximum atomic E-state index is 13.5. The van der Waals surface area contributed by atoms with Crippen LogP contribution in [0.1, 0.15) is 39.4 Å². The Kier molecular flexibility index (Phi) is 12.4. The van der Waals surface area contributed by atoms with E-state index < -0.39 is 28.0 Å². The van der Waals surface area contributed by atoms with Gasteiger partial charge in [0.1, 0.15) is 10.9 Å². The van der Waals surface area contributed by atoms with E-state index in [9.17, 15) is 29.3 Å². The number of anilines is 2. The molecule has 0 fully saturated rings. The predicted molar refractivity (Wildman–Crippen MR) is 196 cm³/mol. The average Bonchev–Trinajstić information content (AvgIpc) is 3.57. The van der Waals surface area contributed by atoms with Crippen LogP contribution in [-0.4, -0.2) is 40.2 Å². The highest BCUT2D eigenvalue weighted by Crippen LogP contribution is 2.37. The number of carbonyl (C=O) groups is 4. The van der Waals surface area contributed by atoms with Crippen molar-refractivity contribution in [2.75, 3.05) is 17.2 Å². The summed E-state index contributed by atoms with van der Waals surface area (Å²) in [6.45, 7) is 2.00. The summed E-state index contributed by atoms with van der Waals surface area (Å²) >= 11 is 2.51. The fraction of sp³-hybridized carbons (Fsp3) is 0.108. The number of hydrogen-bond acceptors (Lipinski definition) is 10. The summed E-state index contributed by atoms with van der Waals surface area (Å²) in [6, 6.07) is 30.0. The number of rotatable bonds is 14. The topological polar surface area (TPSA) is 170 Å². The van der Waals surface area contributed by atoms with Crippen molar-refractivity contribution in [2.45, 2.75) is 23.5 Å². The molecule has 0 bridgehead atoms. The van der Waals surface area contributed by atoms with E-state index in [2.05, 4.69) is 20.9 Å². The molecule has 1 unspecified atom stereocenters. The van der Waals surface area contributed by atoms with Crippen LogP contribution in [0.2, 0.25) is 0 Å². The first-order chi connectivity index (χ1) is 24.7. The van der Waals surface area contributed by atoms with Crippen LogP contribution in [0.5, 0.6) is 0 Å². The number of nitrogens with one attached hydrogen (secondary N) is 3. The molecule has 12 nitrogen and oxygen atoms in total. The first-order valence-electron chi connectivity index (χ1n) is 15.5. The zero-order valence-electron chi connectivity index (χ0n) is 27.1. The number of nitro groups is 1. The van der Waals surface area contributed by atoms with Gasteiger partial charge < -0.3 is 20.7 Å². The highest BCUT2D eigenvalue weighted by Gasteiger charge is 2.24. The zero-order valence-corrected chi connectivity index (χ0v) is 28.7.